The average molecular weight is 998 g/mol. The van der Waals surface area contributed by atoms with E-state index in [0.29, 0.717) is 34.1 Å². The zero-order valence-electron chi connectivity index (χ0n) is 39.3. The van der Waals surface area contributed by atoms with Gasteiger partial charge >= 0.3 is 29.5 Å². The summed E-state index contributed by atoms with van der Waals surface area (Å²) < 4.78 is 75.2. The highest BCUT2D eigenvalue weighted by Crippen LogP contribution is 2.33. The number of hydrogen-bond acceptors (Lipinski definition) is 14. The molecule has 72 heavy (non-hydrogen) atoms. The number of ether oxygens (including phenoxy) is 3. The van der Waals surface area contributed by atoms with E-state index < -0.39 is 82.6 Å². The van der Waals surface area contributed by atoms with Crippen LogP contribution in [0.3, 0.4) is 0 Å². The van der Waals surface area contributed by atoms with E-state index in [2.05, 4.69) is 20.0 Å². The molecule has 1 saturated heterocycles. The van der Waals surface area contributed by atoms with Gasteiger partial charge in [0.25, 0.3) is 17.0 Å². The molecule has 3 N–H and O–H groups in total. The van der Waals surface area contributed by atoms with Crippen molar-refractivity contribution < 1.29 is 46.2 Å². The van der Waals surface area contributed by atoms with Crippen LogP contribution in [-0.4, -0.2) is 104 Å². The van der Waals surface area contributed by atoms with Gasteiger partial charge in [-0.05, 0) is 78.6 Å². The molecule has 5 heterocycles. The molecule has 19 nitrogen and oxygen atoms in total. The number of rotatable bonds is 11. The van der Waals surface area contributed by atoms with Gasteiger partial charge in [-0.15, -0.1) is 0 Å². The van der Waals surface area contributed by atoms with Crippen LogP contribution in [0.4, 0.5) is 23.2 Å². The molecule has 1 amide bonds. The van der Waals surface area contributed by atoms with Crippen LogP contribution >= 0.6 is 0 Å². The number of fused-ring (bicyclic) bond motifs is 2. The molecule has 1 fully saturated rings. The molecule has 0 unspecified atom stereocenters. The number of methoxy groups -OCH3 is 2. The number of aromatic nitrogens is 6. The molecule has 0 saturated carbocycles. The summed E-state index contributed by atoms with van der Waals surface area (Å²) in [5, 5.41) is 3.15. The molecular formula is C49H47F4N9O10. The number of morpholine rings is 1. The quantitative estimate of drug-likeness (QED) is 0.140. The Morgan fingerprint density at radius 3 is 1.74 bits per heavy atom. The number of pyridine rings is 2. The Kier molecular flexibility index (Phi) is 15.3. The lowest BCUT2D eigenvalue weighted by atomic mass is 10.0. The molecule has 376 valence electrons. The molecule has 1 aliphatic heterocycles. The van der Waals surface area contributed by atoms with Gasteiger partial charge in [0.2, 0.25) is 0 Å². The van der Waals surface area contributed by atoms with Gasteiger partial charge in [0.05, 0.1) is 78.6 Å². The normalized spacial score (nSPS) is 14.5. The van der Waals surface area contributed by atoms with Gasteiger partial charge in [-0.2, -0.15) is 13.2 Å². The lowest BCUT2D eigenvalue weighted by molar-refractivity contribution is -0.167. The molecule has 0 radical (unpaired) electrons. The second-order valence-electron chi connectivity index (χ2n) is 16.6. The standard InChI is InChI=1S/C31H29F4N5O6.C18H18N4O4/c1-17-12-20(39-10-11-46-16-25(39)31(33,34)35)14-22(32)26(17)27(41)37-23(29(43)45-3)13-18-4-6-19(7-5-18)40-28(42)21-8-9-36-15-24(21)38(2)30(40)44;1-21-15-10-20-8-7-13(15)16(23)22(18(21)25)12-5-3-11(4-6-12)9-14(19)17(24)26-2/h4-9,12,14-15,23,25H,10-11,13,16H2,1-3H3,(H,37,41);3-8,10,14H,9,19H2,1-2H3/t23-,25+;14-/m00/s1. The molecule has 1 aliphatic rings. The molecule has 0 spiro atoms. The fourth-order valence-electron chi connectivity index (χ4n) is 8.26. The summed E-state index contributed by atoms with van der Waals surface area (Å²) in [6.07, 6.45) is 1.43. The maximum Gasteiger partial charge on any atom is 0.411 e. The van der Waals surface area contributed by atoms with E-state index in [0.717, 1.165) is 32.8 Å². The summed E-state index contributed by atoms with van der Waals surface area (Å²) in [5.74, 6) is -3.36. The molecular weight excluding hydrogens is 951 g/mol. The number of nitrogens with one attached hydrogen (secondary N) is 1. The molecule has 0 bridgehead atoms. The van der Waals surface area contributed by atoms with Crippen LogP contribution in [0.5, 0.6) is 0 Å². The van der Waals surface area contributed by atoms with Crippen LogP contribution in [-0.2, 0) is 50.7 Å². The van der Waals surface area contributed by atoms with Crippen molar-refractivity contribution in [2.24, 2.45) is 19.8 Å². The Labute approximate surface area is 405 Å². The minimum atomic E-state index is -4.62. The number of benzene rings is 3. The lowest BCUT2D eigenvalue weighted by Gasteiger charge is -2.38. The van der Waals surface area contributed by atoms with Crippen molar-refractivity contribution in [3.05, 3.63) is 167 Å². The third-order valence-corrected chi connectivity index (χ3v) is 12.1. The number of nitrogens with zero attached hydrogens (tertiary/aromatic N) is 7. The molecule has 4 aromatic heterocycles. The summed E-state index contributed by atoms with van der Waals surface area (Å²) in [5.41, 5.74) is 6.14. The van der Waals surface area contributed by atoms with Crippen molar-refractivity contribution in [1.29, 1.82) is 0 Å². The minimum Gasteiger partial charge on any atom is -0.468 e. The first kappa shape index (κ1) is 51.5. The molecule has 0 aliphatic carbocycles. The number of aryl methyl sites for hydroxylation is 3. The van der Waals surface area contributed by atoms with E-state index in [9.17, 15) is 46.7 Å². The Morgan fingerprint density at radius 1 is 0.764 bits per heavy atom. The third kappa shape index (κ3) is 10.6. The highest BCUT2D eigenvalue weighted by atomic mass is 19.4. The van der Waals surface area contributed by atoms with Crippen LogP contribution < -0.4 is 38.4 Å². The number of carbonyl (C=O) groups excluding carboxylic acids is 3. The van der Waals surface area contributed by atoms with Gasteiger partial charge in [-0.1, -0.05) is 24.3 Å². The average Bonchev–Trinajstić information content (AvgIpc) is 3.37. The van der Waals surface area contributed by atoms with E-state index in [4.69, 9.17) is 15.2 Å². The number of anilines is 1. The Balaban J connectivity index is 0.000000247. The van der Waals surface area contributed by atoms with E-state index in [-0.39, 0.29) is 41.9 Å². The van der Waals surface area contributed by atoms with Crippen LogP contribution in [0, 0.1) is 12.7 Å². The van der Waals surface area contributed by atoms with Gasteiger partial charge in [-0.3, -0.25) is 38.3 Å². The van der Waals surface area contributed by atoms with Crippen molar-refractivity contribution >= 4 is 45.3 Å². The van der Waals surface area contributed by atoms with Crippen molar-refractivity contribution in [2.45, 2.75) is 44.1 Å². The summed E-state index contributed by atoms with van der Waals surface area (Å²) >= 11 is 0. The van der Waals surface area contributed by atoms with E-state index in [1.54, 1.807) is 49.5 Å². The van der Waals surface area contributed by atoms with Gasteiger partial charge in [0.15, 0.2) is 0 Å². The summed E-state index contributed by atoms with van der Waals surface area (Å²) in [6, 6.07) is 14.1. The zero-order valence-corrected chi connectivity index (χ0v) is 39.3. The predicted octanol–water partition coefficient (Wildman–Crippen LogP) is 2.94. The predicted molar refractivity (Wildman–Crippen MR) is 255 cm³/mol. The van der Waals surface area contributed by atoms with Gasteiger partial charge in [-0.25, -0.2) is 27.9 Å². The van der Waals surface area contributed by atoms with Crippen LogP contribution in [0.25, 0.3) is 33.2 Å². The summed E-state index contributed by atoms with van der Waals surface area (Å²) in [7, 11) is 5.50. The first-order valence-electron chi connectivity index (χ1n) is 22.0. The highest BCUT2D eigenvalue weighted by Gasteiger charge is 2.46. The highest BCUT2D eigenvalue weighted by molar-refractivity contribution is 5.98. The SMILES string of the molecule is COC(=O)[C@@H](N)Cc1ccc(-n2c(=O)c3ccncc3n(C)c2=O)cc1.COC(=O)[C@H](Cc1ccc(-n2c(=O)c3ccncc3n(C)c2=O)cc1)NC(=O)c1c(C)cc(N2CCOC[C@@H]2C(F)(F)F)cc1F. The first-order valence-corrected chi connectivity index (χ1v) is 22.0. The second-order valence-corrected chi connectivity index (χ2v) is 16.6. The van der Waals surface area contributed by atoms with Crippen molar-refractivity contribution in [2.75, 3.05) is 38.9 Å². The fraction of sp³-hybridized carbons (Fsp3) is 0.286. The fourth-order valence-corrected chi connectivity index (χ4v) is 8.26. The monoisotopic (exact) mass is 997 g/mol. The van der Waals surface area contributed by atoms with Crippen molar-refractivity contribution in [3.8, 4) is 11.4 Å². The number of esters is 2. The number of alkyl halides is 3. The van der Waals surface area contributed by atoms with Crippen molar-refractivity contribution in [1.82, 2.24) is 33.6 Å². The maximum atomic E-state index is 15.3. The number of halogens is 4. The van der Waals surface area contributed by atoms with Gasteiger partial charge in [0, 0.05) is 45.1 Å². The van der Waals surface area contributed by atoms with Crippen molar-refractivity contribution in [3.63, 3.8) is 0 Å². The van der Waals surface area contributed by atoms with Crippen LogP contribution in [0.1, 0.15) is 27.0 Å². The van der Waals surface area contributed by atoms with Gasteiger partial charge < -0.3 is 30.2 Å². The summed E-state index contributed by atoms with van der Waals surface area (Å²) in [4.78, 5) is 97.6. The molecule has 23 heteroatoms. The summed E-state index contributed by atoms with van der Waals surface area (Å²) in [6.45, 7) is 0.664. The number of amides is 1. The maximum absolute atomic E-state index is 15.3. The number of hydrogen-bond donors (Lipinski definition) is 2. The topological polar surface area (TPSA) is 234 Å². The Bertz CT molecular complexity index is 3420. The van der Waals surface area contributed by atoms with E-state index in [1.165, 1.54) is 79.3 Å². The Morgan fingerprint density at radius 2 is 1.26 bits per heavy atom. The van der Waals surface area contributed by atoms with Crippen LogP contribution in [0.2, 0.25) is 0 Å². The largest absolute Gasteiger partial charge is 0.468 e. The van der Waals surface area contributed by atoms with E-state index in [1.807, 2.05) is 0 Å². The molecule has 3 atom stereocenters. The second kappa shape index (κ2) is 21.4. The molecule has 3 aromatic carbocycles. The van der Waals surface area contributed by atoms with Gasteiger partial charge in [0.1, 0.15) is 23.9 Å². The molecule has 7 aromatic rings. The molecule has 8 rings (SSSR count). The van der Waals surface area contributed by atoms with Crippen LogP contribution in [0.15, 0.2) is 117 Å². The smallest absolute Gasteiger partial charge is 0.411 e. The third-order valence-electron chi connectivity index (χ3n) is 12.1. The number of carbonyl (C=O) groups is 3. The van der Waals surface area contributed by atoms with E-state index >= 15 is 4.39 Å². The Hall–Kier alpha value is -8.31. The first-order chi connectivity index (χ1) is 34.2. The lowest BCUT2D eigenvalue weighted by Crippen LogP contribution is -2.53. The zero-order chi connectivity index (χ0) is 52.2. The minimum absolute atomic E-state index is 0.0185. The number of nitrogens with two attached hydrogens (primary N) is 1.